The molecule has 0 heterocycles. The maximum atomic E-state index is 12.8. The predicted octanol–water partition coefficient (Wildman–Crippen LogP) is 1.25. The summed E-state index contributed by atoms with van der Waals surface area (Å²) in [5.41, 5.74) is 0. The van der Waals surface area contributed by atoms with Crippen LogP contribution >= 0.6 is 15.9 Å². The first-order valence-corrected chi connectivity index (χ1v) is 6.73. The van der Waals surface area contributed by atoms with E-state index in [2.05, 4.69) is 20.7 Å². The highest BCUT2D eigenvalue weighted by Crippen LogP contribution is 2.22. The molecule has 16 heavy (non-hydrogen) atoms. The van der Waals surface area contributed by atoms with Crippen molar-refractivity contribution < 1.29 is 17.9 Å². The fourth-order valence-electron chi connectivity index (χ4n) is 1.00. The fourth-order valence-corrected chi connectivity index (χ4v) is 3.17. The van der Waals surface area contributed by atoms with Gasteiger partial charge in [0.05, 0.1) is 11.0 Å². The maximum Gasteiger partial charge on any atom is 0.241 e. The summed E-state index contributed by atoms with van der Waals surface area (Å²) in [6, 6.07) is 3.28. The number of benzene rings is 1. The summed E-state index contributed by atoms with van der Waals surface area (Å²) in [6.45, 7) is 1.37. The fraction of sp³-hybridized carbons (Fsp3) is 0.333. The molecule has 0 spiro atoms. The van der Waals surface area contributed by atoms with E-state index in [-0.39, 0.29) is 15.9 Å². The van der Waals surface area contributed by atoms with Gasteiger partial charge in [-0.3, -0.25) is 0 Å². The number of hydrogen-bond donors (Lipinski definition) is 2. The molecule has 0 aliphatic heterocycles. The van der Waals surface area contributed by atoms with Gasteiger partial charge in [0.2, 0.25) is 10.0 Å². The maximum absolute atomic E-state index is 12.8. The Kier molecular flexibility index (Phi) is 4.43. The Morgan fingerprint density at radius 2 is 2.19 bits per heavy atom. The van der Waals surface area contributed by atoms with Crippen molar-refractivity contribution >= 4 is 26.0 Å². The molecule has 7 heteroatoms. The molecule has 0 radical (unpaired) electrons. The summed E-state index contributed by atoms with van der Waals surface area (Å²) in [4.78, 5) is -0.0606. The molecule has 0 amide bonds. The highest BCUT2D eigenvalue weighted by Gasteiger charge is 2.18. The van der Waals surface area contributed by atoms with E-state index in [9.17, 15) is 12.8 Å². The third-order valence-electron chi connectivity index (χ3n) is 1.75. The van der Waals surface area contributed by atoms with Crippen LogP contribution in [0.2, 0.25) is 0 Å². The number of nitrogens with one attached hydrogen (secondary N) is 1. The second-order valence-electron chi connectivity index (χ2n) is 3.28. The number of aliphatic hydroxyl groups is 1. The number of sulfonamides is 1. The Balaban J connectivity index is 2.99. The average Bonchev–Trinajstić information content (AvgIpc) is 2.14. The standard InChI is InChI=1S/C9H11BrFNO3S/c1-6(13)5-12-16(14,15)9-3-2-7(11)4-8(9)10/h2-4,6,12-13H,5H2,1H3/t6-/m0/s1. The largest absolute Gasteiger partial charge is 0.392 e. The first-order valence-electron chi connectivity index (χ1n) is 4.45. The van der Waals surface area contributed by atoms with Crippen LogP contribution in [0.5, 0.6) is 0 Å². The minimum Gasteiger partial charge on any atom is -0.392 e. The zero-order chi connectivity index (χ0) is 12.3. The van der Waals surface area contributed by atoms with Crippen LogP contribution in [-0.4, -0.2) is 26.2 Å². The Bertz CT molecular complexity index is 476. The molecule has 0 saturated heterocycles. The van der Waals surface area contributed by atoms with Gasteiger partial charge >= 0.3 is 0 Å². The molecular weight excluding hydrogens is 301 g/mol. The third-order valence-corrected chi connectivity index (χ3v) is 4.15. The normalized spacial score (nSPS) is 13.8. The number of hydrogen-bond acceptors (Lipinski definition) is 3. The highest BCUT2D eigenvalue weighted by atomic mass is 79.9. The molecule has 0 unspecified atom stereocenters. The van der Waals surface area contributed by atoms with Gasteiger partial charge in [-0.25, -0.2) is 17.5 Å². The number of rotatable bonds is 4. The molecule has 1 atom stereocenters. The Morgan fingerprint density at radius 1 is 1.56 bits per heavy atom. The summed E-state index contributed by atoms with van der Waals surface area (Å²) in [7, 11) is -3.73. The van der Waals surface area contributed by atoms with Crippen molar-refractivity contribution in [3.05, 3.63) is 28.5 Å². The second-order valence-corrected chi connectivity index (χ2v) is 5.87. The van der Waals surface area contributed by atoms with E-state index in [0.29, 0.717) is 0 Å². The molecule has 90 valence electrons. The van der Waals surface area contributed by atoms with E-state index in [1.807, 2.05) is 0 Å². The van der Waals surface area contributed by atoms with Gasteiger partial charge in [-0.1, -0.05) is 0 Å². The van der Waals surface area contributed by atoms with Gasteiger partial charge in [-0.15, -0.1) is 0 Å². The summed E-state index contributed by atoms with van der Waals surface area (Å²) in [6.07, 6.45) is -0.783. The van der Waals surface area contributed by atoms with Crippen LogP contribution < -0.4 is 4.72 Å². The first kappa shape index (κ1) is 13.6. The Morgan fingerprint density at radius 3 is 2.69 bits per heavy atom. The van der Waals surface area contributed by atoms with Crippen molar-refractivity contribution in [1.82, 2.24) is 4.72 Å². The second kappa shape index (κ2) is 5.22. The zero-order valence-electron chi connectivity index (χ0n) is 8.44. The van der Waals surface area contributed by atoms with E-state index >= 15 is 0 Å². The third kappa shape index (κ3) is 3.51. The van der Waals surface area contributed by atoms with Crippen molar-refractivity contribution in [2.45, 2.75) is 17.9 Å². The predicted molar refractivity (Wildman–Crippen MR) is 61.0 cm³/mol. The van der Waals surface area contributed by atoms with Crippen LogP contribution in [0.3, 0.4) is 0 Å². The lowest BCUT2D eigenvalue weighted by Gasteiger charge is -2.09. The molecule has 1 aromatic carbocycles. The molecule has 2 N–H and O–H groups in total. The van der Waals surface area contributed by atoms with Gasteiger partial charge < -0.3 is 5.11 Å². The zero-order valence-corrected chi connectivity index (χ0v) is 10.8. The minimum atomic E-state index is -3.73. The van der Waals surface area contributed by atoms with Crippen molar-refractivity contribution in [3.63, 3.8) is 0 Å². The monoisotopic (exact) mass is 311 g/mol. The quantitative estimate of drug-likeness (QED) is 0.879. The summed E-state index contributed by atoms with van der Waals surface area (Å²) < 4.78 is 38.5. The van der Waals surface area contributed by atoms with Crippen LogP contribution in [0.4, 0.5) is 4.39 Å². The van der Waals surface area contributed by atoms with E-state index in [1.165, 1.54) is 6.92 Å². The topological polar surface area (TPSA) is 66.4 Å². The molecule has 0 saturated carbocycles. The molecule has 0 aliphatic rings. The van der Waals surface area contributed by atoms with E-state index in [4.69, 9.17) is 5.11 Å². The van der Waals surface area contributed by atoms with Crippen LogP contribution in [0, 0.1) is 5.82 Å². The number of aliphatic hydroxyl groups excluding tert-OH is 1. The Labute approximate surface area is 102 Å². The lowest BCUT2D eigenvalue weighted by molar-refractivity contribution is 0.198. The van der Waals surface area contributed by atoms with Gasteiger partial charge in [-0.2, -0.15) is 0 Å². The van der Waals surface area contributed by atoms with Crippen LogP contribution in [-0.2, 0) is 10.0 Å². The molecular formula is C9H11BrFNO3S. The summed E-state index contributed by atoms with van der Waals surface area (Å²) in [5.74, 6) is -0.527. The molecule has 1 rings (SSSR count). The van der Waals surface area contributed by atoms with Gasteiger partial charge in [0.1, 0.15) is 5.82 Å². The van der Waals surface area contributed by atoms with Gasteiger partial charge in [0, 0.05) is 11.0 Å². The van der Waals surface area contributed by atoms with Crippen LogP contribution in [0.1, 0.15) is 6.92 Å². The molecule has 0 fully saturated rings. The van der Waals surface area contributed by atoms with Crippen molar-refractivity contribution in [1.29, 1.82) is 0 Å². The molecule has 0 aliphatic carbocycles. The van der Waals surface area contributed by atoms with Gasteiger partial charge in [0.25, 0.3) is 0 Å². The Hall–Kier alpha value is -0.500. The van der Waals surface area contributed by atoms with E-state index in [0.717, 1.165) is 18.2 Å². The first-order chi connectivity index (χ1) is 7.33. The smallest absolute Gasteiger partial charge is 0.241 e. The van der Waals surface area contributed by atoms with E-state index in [1.54, 1.807) is 0 Å². The lowest BCUT2D eigenvalue weighted by atomic mass is 10.3. The number of halogens is 2. The van der Waals surface area contributed by atoms with Gasteiger partial charge in [-0.05, 0) is 41.1 Å². The lowest BCUT2D eigenvalue weighted by Crippen LogP contribution is -2.30. The van der Waals surface area contributed by atoms with E-state index < -0.39 is 21.9 Å². The SMILES string of the molecule is C[C@H](O)CNS(=O)(=O)c1ccc(F)cc1Br. The summed E-state index contributed by atoms with van der Waals surface area (Å²) >= 11 is 2.97. The van der Waals surface area contributed by atoms with Crippen molar-refractivity contribution in [2.75, 3.05) is 6.54 Å². The van der Waals surface area contributed by atoms with Crippen LogP contribution in [0.15, 0.2) is 27.6 Å². The molecule has 4 nitrogen and oxygen atoms in total. The summed E-state index contributed by atoms with van der Waals surface area (Å²) in [5, 5.41) is 8.98. The van der Waals surface area contributed by atoms with Crippen molar-refractivity contribution in [2.24, 2.45) is 0 Å². The van der Waals surface area contributed by atoms with Crippen molar-refractivity contribution in [3.8, 4) is 0 Å². The minimum absolute atomic E-state index is 0.0606. The van der Waals surface area contributed by atoms with Gasteiger partial charge in [0.15, 0.2) is 0 Å². The average molecular weight is 312 g/mol. The van der Waals surface area contributed by atoms with Crippen LogP contribution in [0.25, 0.3) is 0 Å². The molecule has 1 aromatic rings. The molecule has 0 bridgehead atoms. The highest BCUT2D eigenvalue weighted by molar-refractivity contribution is 9.10. The molecule has 0 aromatic heterocycles.